The normalized spacial score (nSPS) is 5.71. The first-order valence-electron chi connectivity index (χ1n) is 1.25. The summed E-state index contributed by atoms with van der Waals surface area (Å²) in [5, 5.41) is 0. The molecule has 1 rings (SSSR count). The van der Waals surface area contributed by atoms with Crippen LogP contribution >= 0.6 is 0 Å². The van der Waals surface area contributed by atoms with Crippen molar-refractivity contribution in [3.63, 3.8) is 0 Å². The number of hydrogen-bond acceptors (Lipinski definition) is 2. The van der Waals surface area contributed by atoms with Crippen LogP contribution in [0.25, 0.3) is 0 Å². The maximum atomic E-state index is 4.35. The fourth-order valence-corrected chi connectivity index (χ4v) is 0.152. The van der Waals surface area contributed by atoms with Crippen molar-refractivity contribution in [2.24, 2.45) is 0 Å². The van der Waals surface area contributed by atoms with E-state index in [2.05, 4.69) is 15.8 Å². The van der Waals surface area contributed by atoms with E-state index in [1.165, 1.54) is 12.5 Å². The summed E-state index contributed by atoms with van der Waals surface area (Å²) in [5.74, 6) is 0. The van der Waals surface area contributed by atoms with Crippen LogP contribution in [-0.4, -0.2) is 13.4 Å². The molecule has 1 heterocycles. The van der Waals surface area contributed by atoms with Crippen LogP contribution in [0.1, 0.15) is 0 Å². The van der Waals surface area contributed by atoms with Gasteiger partial charge in [0.15, 0.2) is 0 Å². The van der Waals surface area contributed by atoms with Gasteiger partial charge in [0.1, 0.15) is 6.39 Å². The van der Waals surface area contributed by atoms with Crippen LogP contribution in [0, 0.1) is 6.39 Å². The van der Waals surface area contributed by atoms with Gasteiger partial charge >= 0.3 is 18.9 Å². The monoisotopic (exact) mass is 86.0 g/mol. The molecule has 0 fully saturated rings. The Hall–Kier alpha value is -0.128. The molecule has 0 aliphatic heterocycles. The van der Waals surface area contributed by atoms with E-state index in [1.807, 2.05) is 0 Å². The molecular formula is C3H2BLiNO. The SMILES string of the molecule is [B].[Li+].[c-]1ncco1. The first kappa shape index (κ1) is 9.98. The molecule has 1 aromatic rings. The molecular weight excluding hydrogens is 83.8 g/mol. The second-order valence-corrected chi connectivity index (χ2v) is 0.623. The Morgan fingerprint density at radius 3 is 2.43 bits per heavy atom. The van der Waals surface area contributed by atoms with E-state index in [0.29, 0.717) is 0 Å². The molecule has 0 saturated carbocycles. The topological polar surface area (TPSA) is 26.0 Å². The summed E-state index contributed by atoms with van der Waals surface area (Å²) < 4.78 is 4.35. The maximum Gasteiger partial charge on any atom is 1.00 e. The molecule has 3 radical (unpaired) electrons. The number of hydrogen-bond donors (Lipinski definition) is 0. The Balaban J connectivity index is 0. The second kappa shape index (κ2) is 5.87. The van der Waals surface area contributed by atoms with Crippen molar-refractivity contribution in [2.75, 3.05) is 0 Å². The van der Waals surface area contributed by atoms with Gasteiger partial charge in [0, 0.05) is 8.41 Å². The Morgan fingerprint density at radius 2 is 2.29 bits per heavy atom. The van der Waals surface area contributed by atoms with Gasteiger partial charge in [-0.25, -0.2) is 0 Å². The fourth-order valence-electron chi connectivity index (χ4n) is 0.152. The van der Waals surface area contributed by atoms with Crippen LogP contribution in [-0.2, 0) is 0 Å². The molecule has 7 heavy (non-hydrogen) atoms. The van der Waals surface area contributed by atoms with Crippen LogP contribution in [0.5, 0.6) is 0 Å². The van der Waals surface area contributed by atoms with E-state index >= 15 is 0 Å². The van der Waals surface area contributed by atoms with Crippen LogP contribution in [0.3, 0.4) is 0 Å². The van der Waals surface area contributed by atoms with Crippen molar-refractivity contribution in [1.82, 2.24) is 4.98 Å². The number of nitrogens with zero attached hydrogens (tertiary/aromatic N) is 1. The largest absolute Gasteiger partial charge is 1.00 e. The van der Waals surface area contributed by atoms with Gasteiger partial charge in [-0.2, -0.15) is 0 Å². The third-order valence-electron chi connectivity index (χ3n) is 0.309. The summed E-state index contributed by atoms with van der Waals surface area (Å²) >= 11 is 0. The zero-order valence-corrected chi connectivity index (χ0v) is 4.09. The van der Waals surface area contributed by atoms with Gasteiger partial charge in [-0.1, -0.05) is 6.20 Å². The molecule has 0 amide bonds. The molecule has 0 aromatic carbocycles. The van der Waals surface area contributed by atoms with Gasteiger partial charge < -0.3 is 9.40 Å². The standard InChI is InChI=1S/C3H2NO.B.Li/c1-2-5-3-4-1;;/h1-2H;;/q-1;;+1. The summed E-state index contributed by atoms with van der Waals surface area (Å²) in [6.07, 6.45) is 5.22. The van der Waals surface area contributed by atoms with Crippen molar-refractivity contribution in [2.45, 2.75) is 0 Å². The average molecular weight is 85.8 g/mol. The summed E-state index contributed by atoms with van der Waals surface area (Å²) in [6.45, 7) is 0. The number of rotatable bonds is 0. The van der Waals surface area contributed by atoms with Crippen molar-refractivity contribution < 1.29 is 23.3 Å². The minimum Gasteiger partial charge on any atom is -0.581 e. The van der Waals surface area contributed by atoms with Crippen molar-refractivity contribution in [1.29, 1.82) is 0 Å². The Kier molecular flexibility index (Phi) is 8.37. The zero-order valence-electron chi connectivity index (χ0n) is 4.09. The molecule has 0 spiro atoms. The molecule has 0 aliphatic carbocycles. The van der Waals surface area contributed by atoms with E-state index in [9.17, 15) is 0 Å². The quantitative estimate of drug-likeness (QED) is 0.250. The van der Waals surface area contributed by atoms with Crippen LogP contribution in [0.15, 0.2) is 16.9 Å². The summed E-state index contributed by atoms with van der Waals surface area (Å²) in [5.41, 5.74) is 0. The van der Waals surface area contributed by atoms with Crippen molar-refractivity contribution in [3.8, 4) is 0 Å². The van der Waals surface area contributed by atoms with E-state index in [1.54, 1.807) is 0 Å². The Morgan fingerprint density at radius 1 is 1.57 bits per heavy atom. The van der Waals surface area contributed by atoms with Gasteiger partial charge in [-0.05, 0) is 6.26 Å². The Bertz CT molecular complexity index is 71.4. The summed E-state index contributed by atoms with van der Waals surface area (Å²) in [6, 6.07) is 0. The number of aromatic nitrogens is 1. The molecule has 0 atom stereocenters. The molecule has 0 saturated heterocycles. The van der Waals surface area contributed by atoms with E-state index in [-0.39, 0.29) is 27.3 Å². The fraction of sp³-hybridized carbons (Fsp3) is 0. The summed E-state index contributed by atoms with van der Waals surface area (Å²) in [7, 11) is 0. The average Bonchev–Trinajstić information content (AvgIpc) is 1.76. The van der Waals surface area contributed by atoms with Gasteiger partial charge in [0.2, 0.25) is 0 Å². The van der Waals surface area contributed by atoms with E-state index in [4.69, 9.17) is 0 Å². The van der Waals surface area contributed by atoms with Gasteiger partial charge in [0.05, 0.1) is 0 Å². The molecule has 0 aliphatic rings. The smallest absolute Gasteiger partial charge is 0.581 e. The van der Waals surface area contributed by atoms with Crippen molar-refractivity contribution in [3.05, 3.63) is 18.9 Å². The third-order valence-corrected chi connectivity index (χ3v) is 0.309. The predicted molar refractivity (Wildman–Crippen MR) is 21.1 cm³/mol. The molecule has 29 valence electrons. The molecule has 2 nitrogen and oxygen atoms in total. The van der Waals surface area contributed by atoms with Gasteiger partial charge in [0.25, 0.3) is 0 Å². The zero-order chi connectivity index (χ0) is 3.54. The number of oxazole rings is 1. The molecule has 0 N–H and O–H groups in total. The van der Waals surface area contributed by atoms with Crippen LogP contribution in [0.4, 0.5) is 0 Å². The predicted octanol–water partition coefficient (Wildman–Crippen LogP) is -2.90. The molecule has 4 heteroatoms. The van der Waals surface area contributed by atoms with Crippen LogP contribution in [0.2, 0.25) is 0 Å². The van der Waals surface area contributed by atoms with Gasteiger partial charge in [-0.15, -0.1) is 0 Å². The molecule has 0 bridgehead atoms. The van der Waals surface area contributed by atoms with E-state index < -0.39 is 0 Å². The molecule has 1 aromatic heterocycles. The van der Waals surface area contributed by atoms with E-state index in [0.717, 1.165) is 0 Å². The first-order valence-corrected chi connectivity index (χ1v) is 1.25. The summed E-state index contributed by atoms with van der Waals surface area (Å²) in [4.78, 5) is 3.43. The Labute approximate surface area is 56.1 Å². The van der Waals surface area contributed by atoms with Crippen LogP contribution < -0.4 is 18.9 Å². The molecule has 0 unspecified atom stereocenters. The first-order chi connectivity index (χ1) is 2.50. The van der Waals surface area contributed by atoms with Crippen molar-refractivity contribution >= 4 is 8.41 Å². The minimum atomic E-state index is 0. The third kappa shape index (κ3) is 3.71. The van der Waals surface area contributed by atoms with Gasteiger partial charge in [-0.3, -0.25) is 0 Å². The minimum absolute atomic E-state index is 0. The maximum absolute atomic E-state index is 4.35. The second-order valence-electron chi connectivity index (χ2n) is 0.623.